The van der Waals surface area contributed by atoms with E-state index < -0.39 is 0 Å². The molecule has 0 aliphatic rings. The molecule has 114 valence electrons. The van der Waals surface area contributed by atoms with E-state index in [9.17, 15) is 5.11 Å². The van der Waals surface area contributed by atoms with Gasteiger partial charge >= 0.3 is 0 Å². The van der Waals surface area contributed by atoms with Gasteiger partial charge in [0, 0.05) is 18.0 Å². The lowest BCUT2D eigenvalue weighted by Gasteiger charge is -2.22. The lowest BCUT2D eigenvalue weighted by molar-refractivity contribution is 0.257. The van der Waals surface area contributed by atoms with Crippen LogP contribution in [-0.2, 0) is 0 Å². The second-order valence-corrected chi connectivity index (χ2v) is 5.55. The zero-order chi connectivity index (χ0) is 15.4. The zero-order valence-corrected chi connectivity index (χ0v) is 12.7. The fourth-order valence-corrected chi connectivity index (χ4v) is 2.76. The van der Waals surface area contributed by atoms with Crippen molar-refractivity contribution < 1.29 is 9.52 Å². The number of furan rings is 1. The molecule has 2 N–H and O–H groups in total. The Balaban J connectivity index is 1.79. The van der Waals surface area contributed by atoms with Gasteiger partial charge in [0.2, 0.25) is 0 Å². The van der Waals surface area contributed by atoms with Gasteiger partial charge in [0.15, 0.2) is 0 Å². The largest absolute Gasteiger partial charge is 0.459 e. The second kappa shape index (κ2) is 6.77. The zero-order valence-electron chi connectivity index (χ0n) is 12.7. The van der Waals surface area contributed by atoms with Crippen LogP contribution < -0.4 is 5.32 Å². The first-order chi connectivity index (χ1) is 10.8. The quantitative estimate of drug-likeness (QED) is 0.716. The van der Waals surface area contributed by atoms with Crippen molar-refractivity contribution in [3.8, 4) is 0 Å². The molecule has 0 spiro atoms. The number of aliphatic hydroxyl groups is 1. The Morgan fingerprint density at radius 2 is 1.77 bits per heavy atom. The van der Waals surface area contributed by atoms with Crippen molar-refractivity contribution in [1.29, 1.82) is 0 Å². The molecule has 1 aromatic heterocycles. The lowest BCUT2D eigenvalue weighted by Crippen LogP contribution is -2.25. The van der Waals surface area contributed by atoms with E-state index in [2.05, 4.69) is 36.5 Å². The van der Waals surface area contributed by atoms with Crippen molar-refractivity contribution in [3.05, 3.63) is 72.0 Å². The molecule has 1 heterocycles. The molecule has 2 atom stereocenters. The van der Waals surface area contributed by atoms with Gasteiger partial charge in [-0.05, 0) is 31.0 Å². The van der Waals surface area contributed by atoms with E-state index in [4.69, 9.17) is 4.42 Å². The summed E-state index contributed by atoms with van der Waals surface area (Å²) in [5.74, 6) is 0.917. The number of hydrogen-bond acceptors (Lipinski definition) is 3. The highest BCUT2D eigenvalue weighted by Gasteiger charge is 2.17. The third-order valence-corrected chi connectivity index (χ3v) is 3.94. The van der Waals surface area contributed by atoms with Crippen LogP contribution in [0.25, 0.3) is 11.0 Å². The van der Waals surface area contributed by atoms with Crippen LogP contribution in [0.15, 0.2) is 65.1 Å². The molecule has 0 fully saturated rings. The predicted molar refractivity (Wildman–Crippen MR) is 88.7 cm³/mol. The number of hydrogen-bond donors (Lipinski definition) is 2. The number of nitrogens with one attached hydrogen (secondary N) is 1. The molecule has 2 aromatic carbocycles. The van der Waals surface area contributed by atoms with E-state index in [1.54, 1.807) is 0 Å². The molecular weight excluding hydrogens is 274 g/mol. The molecule has 0 aliphatic carbocycles. The first-order valence-electron chi connectivity index (χ1n) is 7.68. The summed E-state index contributed by atoms with van der Waals surface area (Å²) in [6.45, 7) is 2.24. The van der Waals surface area contributed by atoms with E-state index in [1.165, 1.54) is 5.56 Å². The monoisotopic (exact) mass is 295 g/mol. The van der Waals surface area contributed by atoms with Crippen LogP contribution in [0.2, 0.25) is 0 Å². The fraction of sp³-hybridized carbons (Fsp3) is 0.263. The van der Waals surface area contributed by atoms with Crippen LogP contribution in [-0.4, -0.2) is 11.7 Å². The van der Waals surface area contributed by atoms with Crippen LogP contribution in [0.4, 0.5) is 0 Å². The molecule has 3 heteroatoms. The van der Waals surface area contributed by atoms with Crippen LogP contribution in [0.5, 0.6) is 0 Å². The summed E-state index contributed by atoms with van der Waals surface area (Å²) in [5, 5.41) is 14.0. The van der Waals surface area contributed by atoms with Gasteiger partial charge < -0.3 is 14.8 Å². The Kier molecular flexibility index (Phi) is 4.56. The molecule has 3 rings (SSSR count). The van der Waals surface area contributed by atoms with Crippen molar-refractivity contribution in [3.63, 3.8) is 0 Å². The average molecular weight is 295 g/mol. The van der Waals surface area contributed by atoms with Gasteiger partial charge in [-0.25, -0.2) is 0 Å². The molecule has 0 aliphatic heterocycles. The first kappa shape index (κ1) is 14.8. The summed E-state index contributed by atoms with van der Waals surface area (Å²) in [7, 11) is 0. The summed E-state index contributed by atoms with van der Waals surface area (Å²) in [6, 6.07) is 20.5. The molecule has 3 nitrogen and oxygen atoms in total. The maximum Gasteiger partial charge on any atom is 0.134 e. The van der Waals surface area contributed by atoms with Crippen LogP contribution in [0.3, 0.4) is 0 Å². The summed E-state index contributed by atoms with van der Waals surface area (Å²) >= 11 is 0. The van der Waals surface area contributed by atoms with E-state index >= 15 is 0 Å². The van der Waals surface area contributed by atoms with Crippen molar-refractivity contribution in [2.45, 2.75) is 25.4 Å². The van der Waals surface area contributed by atoms with Gasteiger partial charge in [0.25, 0.3) is 0 Å². The Hall–Kier alpha value is -2.10. The van der Waals surface area contributed by atoms with E-state index in [1.807, 2.05) is 36.4 Å². The van der Waals surface area contributed by atoms with E-state index in [-0.39, 0.29) is 18.7 Å². The van der Waals surface area contributed by atoms with Gasteiger partial charge in [-0.2, -0.15) is 0 Å². The highest BCUT2D eigenvalue weighted by atomic mass is 16.3. The van der Waals surface area contributed by atoms with Gasteiger partial charge in [-0.15, -0.1) is 0 Å². The Morgan fingerprint density at radius 3 is 2.50 bits per heavy atom. The van der Waals surface area contributed by atoms with Crippen molar-refractivity contribution in [2.24, 2.45) is 0 Å². The fourth-order valence-electron chi connectivity index (χ4n) is 2.76. The SMILES string of the molecule is CC(N[C@H](CCO)c1ccccc1)c1cc2ccccc2o1. The van der Waals surface area contributed by atoms with Crippen molar-refractivity contribution >= 4 is 11.0 Å². The highest BCUT2D eigenvalue weighted by Crippen LogP contribution is 2.26. The number of para-hydroxylation sites is 1. The van der Waals surface area contributed by atoms with Crippen molar-refractivity contribution in [2.75, 3.05) is 6.61 Å². The molecule has 0 radical (unpaired) electrons. The van der Waals surface area contributed by atoms with E-state index in [0.717, 1.165) is 16.7 Å². The Labute approximate surface area is 130 Å². The summed E-state index contributed by atoms with van der Waals surface area (Å²) < 4.78 is 5.92. The minimum Gasteiger partial charge on any atom is -0.459 e. The maximum absolute atomic E-state index is 9.33. The van der Waals surface area contributed by atoms with Gasteiger partial charge in [0.1, 0.15) is 11.3 Å². The normalized spacial score (nSPS) is 14.1. The van der Waals surface area contributed by atoms with Crippen LogP contribution in [0.1, 0.15) is 36.8 Å². The third kappa shape index (κ3) is 3.21. The van der Waals surface area contributed by atoms with Crippen molar-refractivity contribution in [1.82, 2.24) is 5.32 Å². The van der Waals surface area contributed by atoms with E-state index in [0.29, 0.717) is 6.42 Å². The molecule has 0 saturated carbocycles. The average Bonchev–Trinajstić information content (AvgIpc) is 2.99. The third-order valence-electron chi connectivity index (χ3n) is 3.94. The van der Waals surface area contributed by atoms with Crippen LogP contribution in [0, 0.1) is 0 Å². The van der Waals surface area contributed by atoms with Crippen LogP contribution >= 0.6 is 0 Å². The predicted octanol–water partition coefficient (Wildman–Crippen LogP) is 4.21. The highest BCUT2D eigenvalue weighted by molar-refractivity contribution is 5.77. The smallest absolute Gasteiger partial charge is 0.134 e. The summed E-state index contributed by atoms with van der Waals surface area (Å²) in [6.07, 6.45) is 0.675. The second-order valence-electron chi connectivity index (χ2n) is 5.55. The minimum atomic E-state index is 0.0733. The summed E-state index contributed by atoms with van der Waals surface area (Å²) in [4.78, 5) is 0. The number of aliphatic hydroxyl groups excluding tert-OH is 1. The van der Waals surface area contributed by atoms with Gasteiger partial charge in [-0.3, -0.25) is 0 Å². The van der Waals surface area contributed by atoms with Gasteiger partial charge in [-0.1, -0.05) is 48.5 Å². The molecule has 0 saturated heterocycles. The molecule has 1 unspecified atom stereocenters. The van der Waals surface area contributed by atoms with Gasteiger partial charge in [0.05, 0.1) is 6.04 Å². The lowest BCUT2D eigenvalue weighted by atomic mass is 10.0. The molecule has 0 amide bonds. The molecule has 22 heavy (non-hydrogen) atoms. The number of benzene rings is 2. The maximum atomic E-state index is 9.33. The molecule has 3 aromatic rings. The molecule has 0 bridgehead atoms. The Bertz CT molecular complexity index is 687. The number of rotatable bonds is 6. The number of fused-ring (bicyclic) bond motifs is 1. The summed E-state index contributed by atoms with van der Waals surface area (Å²) in [5.41, 5.74) is 2.09. The minimum absolute atomic E-state index is 0.0733. The topological polar surface area (TPSA) is 45.4 Å². The first-order valence-corrected chi connectivity index (χ1v) is 7.68. The Morgan fingerprint density at radius 1 is 1.05 bits per heavy atom. The standard InChI is InChI=1S/C19H21NO2/c1-14(19-13-16-9-5-6-10-18(16)22-19)20-17(11-12-21)15-7-3-2-4-8-15/h2-10,13-14,17,20-21H,11-12H2,1H3/t14?,17-/m1/s1. The molecular formula is C19H21NO2.